The van der Waals surface area contributed by atoms with Crippen molar-refractivity contribution in [3.8, 4) is 5.75 Å². The van der Waals surface area contributed by atoms with Crippen molar-refractivity contribution in [1.82, 2.24) is 5.32 Å². The van der Waals surface area contributed by atoms with Crippen LogP contribution in [-0.2, 0) is 6.42 Å². The molecule has 21 heavy (non-hydrogen) atoms. The summed E-state index contributed by atoms with van der Waals surface area (Å²) >= 11 is 0. The quantitative estimate of drug-likeness (QED) is 0.872. The fourth-order valence-corrected chi connectivity index (χ4v) is 2.20. The first kappa shape index (κ1) is 15.4. The van der Waals surface area contributed by atoms with Gasteiger partial charge in [0.1, 0.15) is 17.4 Å². The lowest BCUT2D eigenvalue weighted by Crippen LogP contribution is -2.21. The Hall–Kier alpha value is -1.94. The Labute approximate surface area is 123 Å². The number of hydrogen-bond acceptors (Lipinski definition) is 2. The van der Waals surface area contributed by atoms with Crippen molar-refractivity contribution in [2.75, 3.05) is 13.7 Å². The number of ether oxygens (including phenoxy) is 1. The van der Waals surface area contributed by atoms with Crippen LogP contribution >= 0.6 is 0 Å². The van der Waals surface area contributed by atoms with Crippen molar-refractivity contribution in [1.29, 1.82) is 0 Å². The second kappa shape index (κ2) is 7.18. The van der Waals surface area contributed by atoms with E-state index in [2.05, 4.69) is 5.32 Å². The third kappa shape index (κ3) is 4.53. The minimum atomic E-state index is -0.550. The van der Waals surface area contributed by atoms with Gasteiger partial charge in [-0.05, 0) is 55.3 Å². The average Bonchev–Trinajstić information content (AvgIpc) is 2.46. The molecule has 0 fully saturated rings. The standard InChI is InChI=1S/C17H19F2NO/c1-12(14-9-15(18)11-16(19)10-14)20-7-6-13-4-3-5-17(8-13)21-2/h3-5,8-12,20H,6-7H2,1-2H3. The Balaban J connectivity index is 1.90. The molecule has 4 heteroatoms. The molecule has 2 nitrogen and oxygen atoms in total. The average molecular weight is 291 g/mol. The molecule has 0 radical (unpaired) electrons. The third-order valence-corrected chi connectivity index (χ3v) is 3.38. The second-order valence-corrected chi connectivity index (χ2v) is 4.98. The van der Waals surface area contributed by atoms with Crippen LogP contribution in [0, 0.1) is 11.6 Å². The zero-order valence-corrected chi connectivity index (χ0v) is 12.2. The lowest BCUT2D eigenvalue weighted by atomic mass is 10.1. The van der Waals surface area contributed by atoms with E-state index in [-0.39, 0.29) is 6.04 Å². The normalized spacial score (nSPS) is 12.2. The summed E-state index contributed by atoms with van der Waals surface area (Å²) in [5, 5.41) is 3.27. The van der Waals surface area contributed by atoms with Crippen molar-refractivity contribution in [2.45, 2.75) is 19.4 Å². The summed E-state index contributed by atoms with van der Waals surface area (Å²) in [7, 11) is 1.64. The highest BCUT2D eigenvalue weighted by atomic mass is 19.1. The molecule has 0 amide bonds. The van der Waals surface area contributed by atoms with Crippen LogP contribution in [0.4, 0.5) is 8.78 Å². The zero-order chi connectivity index (χ0) is 15.2. The van der Waals surface area contributed by atoms with E-state index in [0.29, 0.717) is 12.1 Å². The molecule has 0 aliphatic carbocycles. The van der Waals surface area contributed by atoms with Gasteiger partial charge in [-0.2, -0.15) is 0 Å². The molecule has 2 aromatic carbocycles. The van der Waals surface area contributed by atoms with E-state index in [1.54, 1.807) is 7.11 Å². The van der Waals surface area contributed by atoms with Crippen LogP contribution in [0.1, 0.15) is 24.1 Å². The van der Waals surface area contributed by atoms with Crippen LogP contribution in [0.3, 0.4) is 0 Å². The SMILES string of the molecule is COc1cccc(CCNC(C)c2cc(F)cc(F)c2)c1. The monoisotopic (exact) mass is 291 g/mol. The molecule has 0 spiro atoms. The van der Waals surface area contributed by atoms with Crippen LogP contribution in [-0.4, -0.2) is 13.7 Å². The maximum atomic E-state index is 13.2. The van der Waals surface area contributed by atoms with E-state index < -0.39 is 11.6 Å². The number of halogens is 2. The first-order valence-electron chi connectivity index (χ1n) is 6.91. The van der Waals surface area contributed by atoms with Gasteiger partial charge in [-0.25, -0.2) is 8.78 Å². The van der Waals surface area contributed by atoms with E-state index in [9.17, 15) is 8.78 Å². The van der Waals surface area contributed by atoms with Gasteiger partial charge in [0, 0.05) is 12.1 Å². The molecule has 2 aromatic rings. The van der Waals surface area contributed by atoms with Gasteiger partial charge in [-0.15, -0.1) is 0 Å². The number of rotatable bonds is 6. The fraction of sp³-hybridized carbons (Fsp3) is 0.294. The molecule has 0 saturated heterocycles. The summed E-state index contributed by atoms with van der Waals surface area (Å²) in [6.07, 6.45) is 0.819. The molecule has 112 valence electrons. The van der Waals surface area contributed by atoms with Gasteiger partial charge in [0.05, 0.1) is 7.11 Å². The van der Waals surface area contributed by atoms with Gasteiger partial charge in [0.25, 0.3) is 0 Å². The van der Waals surface area contributed by atoms with E-state index in [1.165, 1.54) is 12.1 Å². The molecule has 1 unspecified atom stereocenters. The van der Waals surface area contributed by atoms with Crippen LogP contribution < -0.4 is 10.1 Å². The molecule has 0 aromatic heterocycles. The lowest BCUT2D eigenvalue weighted by Gasteiger charge is -2.14. The lowest BCUT2D eigenvalue weighted by molar-refractivity contribution is 0.414. The topological polar surface area (TPSA) is 21.3 Å². The van der Waals surface area contributed by atoms with Crippen molar-refractivity contribution >= 4 is 0 Å². The van der Waals surface area contributed by atoms with Crippen LogP contribution in [0.5, 0.6) is 5.75 Å². The molecular formula is C17H19F2NO. The molecule has 0 bridgehead atoms. The Morgan fingerprint density at radius 3 is 2.48 bits per heavy atom. The van der Waals surface area contributed by atoms with E-state index in [4.69, 9.17) is 4.74 Å². The number of methoxy groups -OCH3 is 1. The number of benzene rings is 2. The Morgan fingerprint density at radius 1 is 1.10 bits per heavy atom. The summed E-state index contributed by atoms with van der Waals surface area (Å²) in [4.78, 5) is 0. The van der Waals surface area contributed by atoms with Crippen molar-refractivity contribution in [3.63, 3.8) is 0 Å². The first-order chi connectivity index (χ1) is 10.1. The van der Waals surface area contributed by atoms with Gasteiger partial charge in [-0.3, -0.25) is 0 Å². The zero-order valence-electron chi connectivity index (χ0n) is 12.2. The smallest absolute Gasteiger partial charge is 0.126 e. The Bertz CT molecular complexity index is 581. The number of nitrogens with one attached hydrogen (secondary N) is 1. The molecular weight excluding hydrogens is 272 g/mol. The maximum absolute atomic E-state index is 13.2. The van der Waals surface area contributed by atoms with Crippen molar-refractivity contribution in [3.05, 3.63) is 65.2 Å². The van der Waals surface area contributed by atoms with E-state index in [0.717, 1.165) is 23.8 Å². The molecule has 0 aliphatic rings. The molecule has 1 atom stereocenters. The van der Waals surface area contributed by atoms with Gasteiger partial charge < -0.3 is 10.1 Å². The van der Waals surface area contributed by atoms with E-state index >= 15 is 0 Å². The minimum absolute atomic E-state index is 0.110. The second-order valence-electron chi connectivity index (χ2n) is 4.98. The van der Waals surface area contributed by atoms with Crippen LogP contribution in [0.2, 0.25) is 0 Å². The molecule has 0 aliphatic heterocycles. The van der Waals surface area contributed by atoms with Gasteiger partial charge in [0.2, 0.25) is 0 Å². The van der Waals surface area contributed by atoms with Gasteiger partial charge in [0.15, 0.2) is 0 Å². The Morgan fingerprint density at radius 2 is 1.81 bits per heavy atom. The highest BCUT2D eigenvalue weighted by Gasteiger charge is 2.08. The molecule has 1 N–H and O–H groups in total. The Kier molecular flexibility index (Phi) is 5.28. The summed E-state index contributed by atoms with van der Waals surface area (Å²) in [5.74, 6) is -0.273. The fourth-order valence-electron chi connectivity index (χ4n) is 2.20. The molecule has 2 rings (SSSR count). The van der Waals surface area contributed by atoms with Crippen molar-refractivity contribution in [2.24, 2.45) is 0 Å². The highest BCUT2D eigenvalue weighted by molar-refractivity contribution is 5.28. The predicted molar refractivity (Wildman–Crippen MR) is 79.5 cm³/mol. The molecule has 0 saturated carbocycles. The highest BCUT2D eigenvalue weighted by Crippen LogP contribution is 2.16. The maximum Gasteiger partial charge on any atom is 0.126 e. The van der Waals surface area contributed by atoms with Gasteiger partial charge in [-0.1, -0.05) is 12.1 Å². The van der Waals surface area contributed by atoms with Crippen LogP contribution in [0.25, 0.3) is 0 Å². The summed E-state index contributed by atoms with van der Waals surface area (Å²) in [5.41, 5.74) is 1.76. The van der Waals surface area contributed by atoms with Crippen molar-refractivity contribution < 1.29 is 13.5 Å². The molecule has 0 heterocycles. The largest absolute Gasteiger partial charge is 0.497 e. The summed E-state index contributed by atoms with van der Waals surface area (Å²) in [6, 6.07) is 11.3. The summed E-state index contributed by atoms with van der Waals surface area (Å²) in [6.45, 7) is 2.60. The van der Waals surface area contributed by atoms with E-state index in [1.807, 2.05) is 31.2 Å². The first-order valence-corrected chi connectivity index (χ1v) is 6.91. The van der Waals surface area contributed by atoms with Gasteiger partial charge >= 0.3 is 0 Å². The predicted octanol–water partition coefficient (Wildman–Crippen LogP) is 3.87. The number of hydrogen-bond donors (Lipinski definition) is 1. The summed E-state index contributed by atoms with van der Waals surface area (Å²) < 4.78 is 31.5. The minimum Gasteiger partial charge on any atom is -0.497 e. The third-order valence-electron chi connectivity index (χ3n) is 3.38. The van der Waals surface area contributed by atoms with Crippen LogP contribution in [0.15, 0.2) is 42.5 Å².